The van der Waals surface area contributed by atoms with Gasteiger partial charge in [-0.05, 0) is 36.4 Å². The molecule has 3 aromatic carbocycles. The highest BCUT2D eigenvalue weighted by Crippen LogP contribution is 2.41. The molecule has 9 heteroatoms. The van der Waals surface area contributed by atoms with E-state index in [2.05, 4.69) is 10.1 Å². The standard InChI is InChI=1S/C24H20F2N2O5/c1-29-20-10-16(11-21(30-2)22(20)31-3)24-27-23(28-33-24)14-5-4-6-18(9-14)32-13-15-7-8-17(25)12-19(15)26/h4-12H,13H2,1-3H3. The minimum atomic E-state index is -0.667. The Morgan fingerprint density at radius 2 is 1.61 bits per heavy atom. The monoisotopic (exact) mass is 454 g/mol. The van der Waals surface area contributed by atoms with Crippen LogP contribution in [0.25, 0.3) is 22.8 Å². The molecule has 0 saturated carbocycles. The normalized spacial score (nSPS) is 10.7. The van der Waals surface area contributed by atoms with Crippen LogP contribution in [0.5, 0.6) is 23.0 Å². The Hall–Kier alpha value is -4.14. The summed E-state index contributed by atoms with van der Waals surface area (Å²) in [6.07, 6.45) is 0. The lowest BCUT2D eigenvalue weighted by molar-refractivity contribution is 0.299. The van der Waals surface area contributed by atoms with Gasteiger partial charge in [0.15, 0.2) is 11.5 Å². The first-order chi connectivity index (χ1) is 16.0. The van der Waals surface area contributed by atoms with Crippen molar-refractivity contribution in [2.75, 3.05) is 21.3 Å². The zero-order valence-electron chi connectivity index (χ0n) is 18.1. The predicted octanol–water partition coefficient (Wildman–Crippen LogP) is 5.29. The summed E-state index contributed by atoms with van der Waals surface area (Å²) in [6.45, 7) is -0.0570. The molecule has 4 aromatic rings. The molecule has 0 amide bonds. The van der Waals surface area contributed by atoms with Crippen molar-refractivity contribution in [3.05, 3.63) is 71.8 Å². The summed E-state index contributed by atoms with van der Waals surface area (Å²) in [6, 6.07) is 13.7. The fourth-order valence-electron chi connectivity index (χ4n) is 3.19. The van der Waals surface area contributed by atoms with Crippen molar-refractivity contribution in [1.82, 2.24) is 10.1 Å². The van der Waals surface area contributed by atoms with E-state index in [4.69, 9.17) is 23.5 Å². The number of aromatic nitrogens is 2. The van der Waals surface area contributed by atoms with E-state index in [1.807, 2.05) is 0 Å². The molecule has 1 aromatic heterocycles. The van der Waals surface area contributed by atoms with Gasteiger partial charge in [-0.25, -0.2) is 8.78 Å². The van der Waals surface area contributed by atoms with E-state index in [-0.39, 0.29) is 18.1 Å². The van der Waals surface area contributed by atoms with Gasteiger partial charge in [0.1, 0.15) is 24.0 Å². The molecule has 4 rings (SSSR count). The molecule has 0 N–H and O–H groups in total. The van der Waals surface area contributed by atoms with Crippen LogP contribution in [-0.4, -0.2) is 31.5 Å². The molecule has 0 radical (unpaired) electrons. The topological polar surface area (TPSA) is 75.8 Å². The van der Waals surface area contributed by atoms with Gasteiger partial charge >= 0.3 is 0 Å². The summed E-state index contributed by atoms with van der Waals surface area (Å²) in [5, 5.41) is 4.04. The highest BCUT2D eigenvalue weighted by atomic mass is 19.1. The highest BCUT2D eigenvalue weighted by molar-refractivity contribution is 5.67. The highest BCUT2D eigenvalue weighted by Gasteiger charge is 2.18. The molecule has 0 aliphatic heterocycles. The van der Waals surface area contributed by atoms with Crippen LogP contribution in [0, 0.1) is 11.6 Å². The number of hydrogen-bond donors (Lipinski definition) is 0. The number of ether oxygens (including phenoxy) is 4. The van der Waals surface area contributed by atoms with Gasteiger partial charge < -0.3 is 23.5 Å². The fourth-order valence-corrected chi connectivity index (χ4v) is 3.19. The SMILES string of the molecule is COc1cc(-c2nc(-c3cccc(OCc4ccc(F)cc4F)c3)no2)cc(OC)c1OC. The number of hydrogen-bond acceptors (Lipinski definition) is 7. The van der Waals surface area contributed by atoms with E-state index in [0.717, 1.165) is 6.07 Å². The van der Waals surface area contributed by atoms with Crippen molar-refractivity contribution >= 4 is 0 Å². The maximum atomic E-state index is 13.8. The summed E-state index contributed by atoms with van der Waals surface area (Å²) in [5.74, 6) is 1.10. The first kappa shape index (κ1) is 22.1. The molecule has 0 bridgehead atoms. The van der Waals surface area contributed by atoms with Gasteiger partial charge in [0, 0.05) is 22.8 Å². The Morgan fingerprint density at radius 1 is 0.848 bits per heavy atom. The van der Waals surface area contributed by atoms with Gasteiger partial charge in [0.05, 0.1) is 21.3 Å². The molecule has 0 atom stereocenters. The summed E-state index contributed by atoms with van der Waals surface area (Å²) in [5.41, 5.74) is 1.46. The minimum Gasteiger partial charge on any atom is -0.493 e. The summed E-state index contributed by atoms with van der Waals surface area (Å²) < 4.78 is 54.1. The summed E-state index contributed by atoms with van der Waals surface area (Å²) >= 11 is 0. The third-order valence-corrected chi connectivity index (χ3v) is 4.84. The molecule has 0 aliphatic rings. The van der Waals surface area contributed by atoms with Crippen LogP contribution in [0.2, 0.25) is 0 Å². The van der Waals surface area contributed by atoms with Gasteiger partial charge in [-0.15, -0.1) is 0 Å². The Morgan fingerprint density at radius 3 is 2.27 bits per heavy atom. The number of nitrogens with zero attached hydrogens (tertiary/aromatic N) is 2. The van der Waals surface area contributed by atoms with Crippen molar-refractivity contribution < 1.29 is 32.3 Å². The second kappa shape index (κ2) is 9.56. The van der Waals surface area contributed by atoms with Gasteiger partial charge in [0.2, 0.25) is 11.6 Å². The predicted molar refractivity (Wildman–Crippen MR) is 116 cm³/mol. The first-order valence-electron chi connectivity index (χ1n) is 9.83. The number of halogens is 2. The van der Waals surface area contributed by atoms with Crippen molar-refractivity contribution in [2.45, 2.75) is 6.61 Å². The summed E-state index contributed by atoms with van der Waals surface area (Å²) in [7, 11) is 4.55. The third-order valence-electron chi connectivity index (χ3n) is 4.84. The zero-order chi connectivity index (χ0) is 23.4. The van der Waals surface area contributed by atoms with Crippen LogP contribution in [0.3, 0.4) is 0 Å². The van der Waals surface area contributed by atoms with Crippen molar-refractivity contribution in [3.8, 4) is 45.8 Å². The molecular formula is C24H20F2N2O5. The largest absolute Gasteiger partial charge is 0.493 e. The molecule has 0 unspecified atom stereocenters. The zero-order valence-corrected chi connectivity index (χ0v) is 18.1. The number of rotatable bonds is 8. The molecule has 33 heavy (non-hydrogen) atoms. The number of benzene rings is 3. The molecule has 7 nitrogen and oxygen atoms in total. The van der Waals surface area contributed by atoms with E-state index in [9.17, 15) is 8.78 Å². The van der Waals surface area contributed by atoms with Crippen LogP contribution in [0.1, 0.15) is 5.56 Å². The van der Waals surface area contributed by atoms with Crippen molar-refractivity contribution in [1.29, 1.82) is 0 Å². The van der Waals surface area contributed by atoms with Crippen LogP contribution in [0.15, 0.2) is 59.1 Å². The molecule has 0 spiro atoms. The van der Waals surface area contributed by atoms with Gasteiger partial charge in [-0.3, -0.25) is 0 Å². The Balaban J connectivity index is 1.57. The molecule has 0 aliphatic carbocycles. The average molecular weight is 454 g/mol. The van der Waals surface area contributed by atoms with E-state index in [0.29, 0.717) is 39.9 Å². The van der Waals surface area contributed by atoms with Crippen LogP contribution in [-0.2, 0) is 6.61 Å². The number of methoxy groups -OCH3 is 3. The quantitative estimate of drug-likeness (QED) is 0.358. The van der Waals surface area contributed by atoms with Crippen LogP contribution in [0.4, 0.5) is 8.78 Å². The fraction of sp³-hybridized carbons (Fsp3) is 0.167. The minimum absolute atomic E-state index is 0.0570. The maximum absolute atomic E-state index is 13.8. The molecule has 0 fully saturated rings. The second-order valence-corrected chi connectivity index (χ2v) is 6.89. The van der Waals surface area contributed by atoms with E-state index < -0.39 is 11.6 Å². The first-order valence-corrected chi connectivity index (χ1v) is 9.83. The lowest BCUT2D eigenvalue weighted by Gasteiger charge is -2.12. The Bertz CT molecular complexity index is 1250. The molecule has 0 saturated heterocycles. The van der Waals surface area contributed by atoms with Gasteiger partial charge in [-0.1, -0.05) is 17.3 Å². The smallest absolute Gasteiger partial charge is 0.258 e. The van der Waals surface area contributed by atoms with Gasteiger partial charge in [-0.2, -0.15) is 4.98 Å². The van der Waals surface area contributed by atoms with Crippen molar-refractivity contribution in [3.63, 3.8) is 0 Å². The lowest BCUT2D eigenvalue weighted by atomic mass is 10.1. The lowest BCUT2D eigenvalue weighted by Crippen LogP contribution is -1.99. The van der Waals surface area contributed by atoms with Crippen LogP contribution >= 0.6 is 0 Å². The van der Waals surface area contributed by atoms with E-state index >= 15 is 0 Å². The molecular weight excluding hydrogens is 434 g/mol. The van der Waals surface area contributed by atoms with Crippen LogP contribution < -0.4 is 18.9 Å². The van der Waals surface area contributed by atoms with Gasteiger partial charge in [0.25, 0.3) is 5.89 Å². The second-order valence-electron chi connectivity index (χ2n) is 6.89. The Labute approximate surface area is 188 Å². The van der Waals surface area contributed by atoms with Crippen molar-refractivity contribution in [2.24, 2.45) is 0 Å². The third kappa shape index (κ3) is 4.72. The summed E-state index contributed by atoms with van der Waals surface area (Å²) in [4.78, 5) is 4.45. The van der Waals surface area contributed by atoms with E-state index in [1.54, 1.807) is 36.4 Å². The Kier molecular flexibility index (Phi) is 6.39. The molecule has 1 heterocycles. The molecule has 170 valence electrons. The maximum Gasteiger partial charge on any atom is 0.258 e. The van der Waals surface area contributed by atoms with E-state index in [1.165, 1.54) is 33.5 Å². The average Bonchev–Trinajstić information content (AvgIpc) is 3.33.